The predicted molar refractivity (Wildman–Crippen MR) is 46.4 cm³/mol. The van der Waals surface area contributed by atoms with Crippen LogP contribution in [0.2, 0.25) is 0 Å². The van der Waals surface area contributed by atoms with Gasteiger partial charge in [0.25, 0.3) is 0 Å². The van der Waals surface area contributed by atoms with E-state index in [0.717, 1.165) is 0 Å². The Morgan fingerprint density at radius 2 is 1.69 bits per heavy atom. The Morgan fingerprint density at radius 1 is 1.15 bits per heavy atom. The minimum atomic E-state index is -4.25. The molecule has 0 rings (SSSR count). The second-order valence-corrected chi connectivity index (χ2v) is 3.25. The van der Waals surface area contributed by atoms with Crippen molar-refractivity contribution in [2.75, 3.05) is 25.0 Å². The maximum absolute atomic E-state index is 11.6. The minimum Gasteiger partial charge on any atom is -0.372 e. The Morgan fingerprint density at radius 3 is 2.08 bits per heavy atom. The molecule has 0 aromatic rings. The second kappa shape index (κ2) is 6.74. The highest BCUT2D eigenvalue weighted by molar-refractivity contribution is 6.20. The second-order valence-electron chi connectivity index (χ2n) is 2.63. The summed E-state index contributed by atoms with van der Waals surface area (Å²) in [5.74, 6) is 0.717. The van der Waals surface area contributed by atoms with Gasteiger partial charge in [-0.15, -0.1) is 23.2 Å². The average molecular weight is 239 g/mol. The summed E-state index contributed by atoms with van der Waals surface area (Å²) in [5, 5.41) is 0. The lowest BCUT2D eigenvalue weighted by Crippen LogP contribution is -2.18. The Balaban J connectivity index is 3.34. The quantitative estimate of drug-likeness (QED) is 0.511. The summed E-state index contributed by atoms with van der Waals surface area (Å²) in [6.45, 7) is -1.16. The molecule has 0 aliphatic rings. The van der Waals surface area contributed by atoms with Crippen LogP contribution in [0.3, 0.4) is 0 Å². The average Bonchev–Trinajstić information content (AvgIpc) is 2.03. The van der Waals surface area contributed by atoms with E-state index in [1.807, 2.05) is 0 Å². The molecule has 0 N–H and O–H groups in total. The van der Waals surface area contributed by atoms with Crippen LogP contribution in [0, 0.1) is 5.92 Å². The molecule has 0 unspecified atom stereocenters. The molecule has 13 heavy (non-hydrogen) atoms. The number of alkyl halides is 5. The summed E-state index contributed by atoms with van der Waals surface area (Å²) >= 11 is 10.9. The van der Waals surface area contributed by atoms with E-state index in [4.69, 9.17) is 23.2 Å². The lowest BCUT2D eigenvalue weighted by atomic mass is 10.1. The number of hydrogen-bond acceptors (Lipinski definition) is 1. The van der Waals surface area contributed by atoms with Crippen molar-refractivity contribution in [2.24, 2.45) is 5.92 Å². The summed E-state index contributed by atoms with van der Waals surface area (Å²) in [6.07, 6.45) is -3.79. The van der Waals surface area contributed by atoms with Crippen LogP contribution in [0.15, 0.2) is 0 Å². The molecule has 0 amide bonds. The highest BCUT2D eigenvalue weighted by Gasteiger charge is 2.27. The monoisotopic (exact) mass is 238 g/mol. The first-order chi connectivity index (χ1) is 5.99. The molecule has 0 spiro atoms. The van der Waals surface area contributed by atoms with E-state index in [0.29, 0.717) is 18.2 Å². The first kappa shape index (κ1) is 13.3. The molecule has 6 heteroatoms. The van der Waals surface area contributed by atoms with Crippen LogP contribution in [-0.2, 0) is 4.74 Å². The van der Waals surface area contributed by atoms with Crippen molar-refractivity contribution in [1.82, 2.24) is 0 Å². The molecule has 0 saturated heterocycles. The minimum absolute atomic E-state index is 0.0246. The van der Waals surface area contributed by atoms with Crippen molar-refractivity contribution in [2.45, 2.75) is 12.6 Å². The zero-order valence-electron chi connectivity index (χ0n) is 6.91. The van der Waals surface area contributed by atoms with Gasteiger partial charge in [-0.05, 0) is 12.3 Å². The lowest BCUT2D eigenvalue weighted by Gasteiger charge is -2.11. The summed E-state index contributed by atoms with van der Waals surface area (Å²) in [4.78, 5) is 0. The van der Waals surface area contributed by atoms with Crippen LogP contribution < -0.4 is 0 Å². The van der Waals surface area contributed by atoms with E-state index in [1.54, 1.807) is 0 Å². The van der Waals surface area contributed by atoms with Crippen molar-refractivity contribution in [3.8, 4) is 0 Å². The maximum atomic E-state index is 11.6. The van der Waals surface area contributed by atoms with Crippen LogP contribution in [0.4, 0.5) is 13.2 Å². The van der Waals surface area contributed by atoms with Crippen molar-refractivity contribution < 1.29 is 17.9 Å². The maximum Gasteiger partial charge on any atom is 0.411 e. The zero-order valence-corrected chi connectivity index (χ0v) is 8.42. The highest BCUT2D eigenvalue weighted by atomic mass is 35.5. The molecule has 0 aliphatic carbocycles. The predicted octanol–water partition coefficient (Wildman–Crippen LogP) is 3.05. The van der Waals surface area contributed by atoms with Crippen LogP contribution >= 0.6 is 23.2 Å². The molecule has 0 saturated carbocycles. The summed E-state index contributed by atoms with van der Waals surface area (Å²) in [7, 11) is 0. The molecule has 0 atom stereocenters. The van der Waals surface area contributed by atoms with Gasteiger partial charge in [-0.3, -0.25) is 0 Å². The van der Waals surface area contributed by atoms with Crippen LogP contribution in [0.25, 0.3) is 0 Å². The molecule has 0 aliphatic heterocycles. The van der Waals surface area contributed by atoms with Gasteiger partial charge in [-0.1, -0.05) is 0 Å². The van der Waals surface area contributed by atoms with Crippen LogP contribution in [0.1, 0.15) is 6.42 Å². The molecule has 1 nitrogen and oxygen atoms in total. The summed E-state index contributed by atoms with van der Waals surface area (Å²) in [5.41, 5.74) is 0. The molecule has 80 valence electrons. The van der Waals surface area contributed by atoms with Crippen LogP contribution in [-0.4, -0.2) is 31.2 Å². The number of halogens is 5. The number of rotatable bonds is 6. The number of hydrogen-bond donors (Lipinski definition) is 0. The van der Waals surface area contributed by atoms with E-state index in [9.17, 15) is 13.2 Å². The van der Waals surface area contributed by atoms with Crippen molar-refractivity contribution in [3.05, 3.63) is 0 Å². The highest BCUT2D eigenvalue weighted by Crippen LogP contribution is 2.15. The Bertz CT molecular complexity index is 125. The fraction of sp³-hybridized carbons (Fsp3) is 1.00. The standard InChI is InChI=1S/C7H11Cl2F3O/c8-3-6(4-9)1-2-13-5-7(10,11)12/h6H,1-5H2. The molecule has 0 radical (unpaired) electrons. The Kier molecular flexibility index (Phi) is 6.91. The molecule has 0 heterocycles. The Hall–Kier alpha value is 0.330. The third-order valence-corrected chi connectivity index (χ3v) is 2.25. The third kappa shape index (κ3) is 8.65. The molecule has 0 bridgehead atoms. The molecular formula is C7H11Cl2F3O. The lowest BCUT2D eigenvalue weighted by molar-refractivity contribution is -0.174. The smallest absolute Gasteiger partial charge is 0.372 e. The molecule has 0 fully saturated rings. The fourth-order valence-electron chi connectivity index (χ4n) is 0.633. The fourth-order valence-corrected chi connectivity index (χ4v) is 1.27. The molecule has 0 aromatic heterocycles. The van der Waals surface area contributed by atoms with Gasteiger partial charge in [-0.25, -0.2) is 0 Å². The Labute approximate surface area is 85.1 Å². The van der Waals surface area contributed by atoms with E-state index in [2.05, 4.69) is 4.74 Å². The summed E-state index contributed by atoms with van der Waals surface area (Å²) in [6, 6.07) is 0. The van der Waals surface area contributed by atoms with Gasteiger partial charge in [0, 0.05) is 18.4 Å². The topological polar surface area (TPSA) is 9.23 Å². The van der Waals surface area contributed by atoms with E-state index in [-0.39, 0.29) is 12.5 Å². The largest absolute Gasteiger partial charge is 0.411 e. The molecule has 0 aromatic carbocycles. The third-order valence-electron chi connectivity index (χ3n) is 1.37. The van der Waals surface area contributed by atoms with E-state index < -0.39 is 12.8 Å². The first-order valence-electron chi connectivity index (χ1n) is 3.76. The van der Waals surface area contributed by atoms with Crippen LogP contribution in [0.5, 0.6) is 0 Å². The van der Waals surface area contributed by atoms with Gasteiger partial charge >= 0.3 is 6.18 Å². The number of ether oxygens (including phenoxy) is 1. The van der Waals surface area contributed by atoms with Gasteiger partial charge in [0.15, 0.2) is 0 Å². The van der Waals surface area contributed by atoms with Gasteiger partial charge in [0.05, 0.1) is 0 Å². The zero-order chi connectivity index (χ0) is 10.3. The van der Waals surface area contributed by atoms with E-state index >= 15 is 0 Å². The first-order valence-corrected chi connectivity index (χ1v) is 4.83. The van der Waals surface area contributed by atoms with Gasteiger partial charge in [-0.2, -0.15) is 13.2 Å². The van der Waals surface area contributed by atoms with Gasteiger partial charge < -0.3 is 4.74 Å². The van der Waals surface area contributed by atoms with Crippen molar-refractivity contribution in [3.63, 3.8) is 0 Å². The van der Waals surface area contributed by atoms with Crippen molar-refractivity contribution >= 4 is 23.2 Å². The molecular weight excluding hydrogens is 228 g/mol. The SMILES string of the molecule is FC(F)(F)COCCC(CCl)CCl. The van der Waals surface area contributed by atoms with Gasteiger partial charge in [0.1, 0.15) is 6.61 Å². The summed E-state index contributed by atoms with van der Waals surface area (Å²) < 4.78 is 39.1. The van der Waals surface area contributed by atoms with Crippen molar-refractivity contribution in [1.29, 1.82) is 0 Å². The normalized spacial score (nSPS) is 12.5. The van der Waals surface area contributed by atoms with E-state index in [1.165, 1.54) is 0 Å². The van der Waals surface area contributed by atoms with Gasteiger partial charge in [0.2, 0.25) is 0 Å².